The van der Waals surface area contributed by atoms with Crippen LogP contribution in [-0.2, 0) is 65.4 Å². The predicted molar refractivity (Wildman–Crippen MR) is 331 cm³/mol. The average Bonchev–Trinajstić information content (AvgIpc) is 3.46. The van der Waals surface area contributed by atoms with E-state index in [-0.39, 0.29) is 25.7 Å². The third kappa shape index (κ3) is 57.6. The lowest BCUT2D eigenvalue weighted by molar-refractivity contribution is -0.161. The molecular formula is C64H124O17P2. The van der Waals surface area contributed by atoms with E-state index in [0.29, 0.717) is 25.7 Å². The third-order valence-electron chi connectivity index (χ3n) is 15.1. The Morgan fingerprint density at radius 1 is 0.337 bits per heavy atom. The summed E-state index contributed by atoms with van der Waals surface area (Å²) in [6.45, 7) is 7.15. The van der Waals surface area contributed by atoms with Crippen molar-refractivity contribution in [3.05, 3.63) is 0 Å². The normalized spacial score (nSPS) is 14.6. The standard InChI is InChI=1S/C64H124O17P2/c1-6-10-13-16-18-20-29-33-38-43-48-62(67)75-54-60(81-64(69)50-45-40-35-31-27-25-23-22-24-26-28-32-37-41-46-57(5)9-4)56-79-83(72,73)77-52-58(65)51-76-82(70,71)78-55-59(53-74-61(66)47-42-36-15-12-8-3)80-63(68)49-44-39-34-30-21-19-17-14-11-7-2/h57-60,65H,6-56H2,1-5H3,(H,70,71)(H,72,73)/t57?,58-,59+,60+/m0/s1. The second-order valence-electron chi connectivity index (χ2n) is 23.4. The van der Waals surface area contributed by atoms with Crippen molar-refractivity contribution < 1.29 is 80.2 Å². The van der Waals surface area contributed by atoms with Crippen LogP contribution in [0.4, 0.5) is 0 Å². The van der Waals surface area contributed by atoms with Crippen LogP contribution in [0.2, 0.25) is 0 Å². The largest absolute Gasteiger partial charge is 0.472 e. The zero-order valence-electron chi connectivity index (χ0n) is 53.3. The van der Waals surface area contributed by atoms with Crippen molar-refractivity contribution in [2.24, 2.45) is 5.92 Å². The van der Waals surface area contributed by atoms with Crippen LogP contribution in [-0.4, -0.2) is 96.7 Å². The van der Waals surface area contributed by atoms with Gasteiger partial charge >= 0.3 is 39.5 Å². The lowest BCUT2D eigenvalue weighted by Crippen LogP contribution is -2.30. The lowest BCUT2D eigenvalue weighted by atomic mass is 9.99. The number of phosphoric ester groups is 2. The van der Waals surface area contributed by atoms with Crippen LogP contribution in [0, 0.1) is 5.92 Å². The Hall–Kier alpha value is -1.94. The molecule has 0 aliphatic carbocycles. The van der Waals surface area contributed by atoms with Gasteiger partial charge in [0.15, 0.2) is 12.2 Å². The summed E-state index contributed by atoms with van der Waals surface area (Å²) < 4.78 is 67.8. The van der Waals surface area contributed by atoms with Crippen molar-refractivity contribution in [1.29, 1.82) is 0 Å². The number of aliphatic hydroxyl groups excluding tert-OH is 1. The third-order valence-corrected chi connectivity index (χ3v) is 17.0. The molecule has 0 aromatic carbocycles. The highest BCUT2D eigenvalue weighted by Crippen LogP contribution is 2.45. The summed E-state index contributed by atoms with van der Waals surface area (Å²) in [5.74, 6) is -1.30. The van der Waals surface area contributed by atoms with Crippen LogP contribution in [0.1, 0.15) is 324 Å². The van der Waals surface area contributed by atoms with Crippen molar-refractivity contribution in [2.45, 2.75) is 342 Å². The minimum Gasteiger partial charge on any atom is -0.462 e. The number of phosphoric acid groups is 2. The molecule has 0 heterocycles. The monoisotopic (exact) mass is 1230 g/mol. The minimum absolute atomic E-state index is 0.106. The van der Waals surface area contributed by atoms with E-state index < -0.39 is 97.5 Å². The molecule has 0 saturated heterocycles. The van der Waals surface area contributed by atoms with Gasteiger partial charge in [0.2, 0.25) is 0 Å². The second-order valence-corrected chi connectivity index (χ2v) is 26.3. The number of unbranched alkanes of at least 4 members (excludes halogenated alkanes) is 35. The predicted octanol–water partition coefficient (Wildman–Crippen LogP) is 17.8. The fourth-order valence-electron chi connectivity index (χ4n) is 9.55. The molecule has 17 nitrogen and oxygen atoms in total. The zero-order chi connectivity index (χ0) is 61.3. The Morgan fingerprint density at radius 2 is 0.578 bits per heavy atom. The Morgan fingerprint density at radius 3 is 0.855 bits per heavy atom. The van der Waals surface area contributed by atoms with Crippen molar-refractivity contribution in [2.75, 3.05) is 39.6 Å². The fraction of sp³-hybridized carbons (Fsp3) is 0.938. The number of hydrogen-bond acceptors (Lipinski definition) is 15. The molecule has 83 heavy (non-hydrogen) atoms. The van der Waals surface area contributed by atoms with Crippen molar-refractivity contribution in [1.82, 2.24) is 0 Å². The number of ether oxygens (including phenoxy) is 4. The van der Waals surface area contributed by atoms with Crippen LogP contribution in [0.25, 0.3) is 0 Å². The minimum atomic E-state index is -4.94. The Bertz CT molecular complexity index is 1620. The molecule has 0 amide bonds. The van der Waals surface area contributed by atoms with Crippen LogP contribution in [0.5, 0.6) is 0 Å². The smallest absolute Gasteiger partial charge is 0.462 e. The van der Waals surface area contributed by atoms with Gasteiger partial charge in [-0.2, -0.15) is 0 Å². The summed E-state index contributed by atoms with van der Waals surface area (Å²) in [5, 5.41) is 10.5. The van der Waals surface area contributed by atoms with Gasteiger partial charge in [0.1, 0.15) is 19.3 Å². The first kappa shape index (κ1) is 81.1. The first-order chi connectivity index (χ1) is 40.1. The topological polar surface area (TPSA) is 237 Å². The highest BCUT2D eigenvalue weighted by atomic mass is 31.2. The van der Waals surface area contributed by atoms with E-state index in [1.165, 1.54) is 141 Å². The molecular weight excluding hydrogens is 1100 g/mol. The van der Waals surface area contributed by atoms with Gasteiger partial charge in [-0.05, 0) is 31.6 Å². The van der Waals surface area contributed by atoms with Gasteiger partial charge < -0.3 is 33.8 Å². The van der Waals surface area contributed by atoms with Gasteiger partial charge in [-0.25, -0.2) is 9.13 Å². The summed E-state index contributed by atoms with van der Waals surface area (Å²) in [6, 6.07) is 0. The maximum absolute atomic E-state index is 13.0. The van der Waals surface area contributed by atoms with E-state index in [9.17, 15) is 43.2 Å². The molecule has 492 valence electrons. The molecule has 0 aliphatic heterocycles. The molecule has 0 rings (SSSR count). The van der Waals surface area contributed by atoms with E-state index in [4.69, 9.17) is 37.0 Å². The first-order valence-electron chi connectivity index (χ1n) is 33.7. The summed E-state index contributed by atoms with van der Waals surface area (Å²) in [4.78, 5) is 71.9. The van der Waals surface area contributed by atoms with Gasteiger partial charge in [0.25, 0.3) is 0 Å². The molecule has 3 N–H and O–H groups in total. The van der Waals surface area contributed by atoms with Gasteiger partial charge in [-0.15, -0.1) is 0 Å². The number of esters is 4. The van der Waals surface area contributed by atoms with Crippen LogP contribution in [0.15, 0.2) is 0 Å². The molecule has 0 aliphatic rings. The van der Waals surface area contributed by atoms with Crippen molar-refractivity contribution in [3.8, 4) is 0 Å². The molecule has 0 aromatic heterocycles. The lowest BCUT2D eigenvalue weighted by Gasteiger charge is -2.21. The van der Waals surface area contributed by atoms with Gasteiger partial charge in [-0.3, -0.25) is 37.3 Å². The van der Waals surface area contributed by atoms with E-state index >= 15 is 0 Å². The first-order valence-corrected chi connectivity index (χ1v) is 36.7. The van der Waals surface area contributed by atoms with E-state index in [1.54, 1.807) is 0 Å². The summed E-state index contributed by atoms with van der Waals surface area (Å²) in [5.41, 5.74) is 0. The van der Waals surface area contributed by atoms with Crippen LogP contribution >= 0.6 is 15.6 Å². The molecule has 6 atom stereocenters. The van der Waals surface area contributed by atoms with Crippen LogP contribution < -0.4 is 0 Å². The van der Waals surface area contributed by atoms with Crippen LogP contribution in [0.3, 0.4) is 0 Å². The SMILES string of the molecule is CCCCCCCCCCCCC(=O)OC[C@H](COP(=O)(O)OC[C@@H](O)COP(=O)(O)OC[C@@H](COC(=O)CCCCCCC)OC(=O)CCCCCCCCCCCC)OC(=O)CCCCCCCCCCCCCCCCC(C)CC. The summed E-state index contributed by atoms with van der Waals surface area (Å²) >= 11 is 0. The van der Waals surface area contributed by atoms with Gasteiger partial charge in [-0.1, -0.05) is 272 Å². The number of rotatable bonds is 64. The molecule has 0 spiro atoms. The summed E-state index contributed by atoms with van der Waals surface area (Å²) in [7, 11) is -9.87. The molecule has 0 fully saturated rings. The molecule has 0 radical (unpaired) electrons. The zero-order valence-corrected chi connectivity index (χ0v) is 55.1. The average molecular weight is 1230 g/mol. The molecule has 0 aromatic rings. The second kappa shape index (κ2) is 57.8. The van der Waals surface area contributed by atoms with Gasteiger partial charge in [0.05, 0.1) is 26.4 Å². The summed E-state index contributed by atoms with van der Waals surface area (Å²) in [6.07, 6.45) is 41.9. The molecule has 19 heteroatoms. The maximum Gasteiger partial charge on any atom is 0.472 e. The Kier molecular flexibility index (Phi) is 56.4. The highest BCUT2D eigenvalue weighted by molar-refractivity contribution is 7.47. The Labute approximate surface area is 505 Å². The number of hydrogen-bond donors (Lipinski definition) is 3. The van der Waals surface area contributed by atoms with E-state index in [0.717, 1.165) is 102 Å². The maximum atomic E-state index is 13.0. The highest BCUT2D eigenvalue weighted by Gasteiger charge is 2.30. The van der Waals surface area contributed by atoms with Crippen molar-refractivity contribution >= 4 is 39.5 Å². The molecule has 3 unspecified atom stereocenters. The van der Waals surface area contributed by atoms with Gasteiger partial charge in [0, 0.05) is 25.7 Å². The quantitative estimate of drug-likeness (QED) is 0.0222. The van der Waals surface area contributed by atoms with Crippen molar-refractivity contribution in [3.63, 3.8) is 0 Å². The van der Waals surface area contributed by atoms with E-state index in [2.05, 4.69) is 34.6 Å². The molecule has 0 saturated carbocycles. The van der Waals surface area contributed by atoms with E-state index in [1.807, 2.05) is 0 Å². The number of carbonyl (C=O) groups excluding carboxylic acids is 4. The molecule has 0 bridgehead atoms. The Balaban J connectivity index is 5.13. The number of aliphatic hydroxyl groups is 1. The number of carbonyl (C=O) groups is 4. The fourth-order valence-corrected chi connectivity index (χ4v) is 11.1.